The second-order valence-corrected chi connectivity index (χ2v) is 7.97. The minimum atomic E-state index is -0.617. The minimum Gasteiger partial charge on any atom is -0.497 e. The zero-order valence-corrected chi connectivity index (χ0v) is 20.9. The summed E-state index contributed by atoms with van der Waals surface area (Å²) in [6.07, 6.45) is 1.31. The fraction of sp³-hybridized carbons (Fsp3) is 0.0667. The zero-order chi connectivity index (χ0) is 27.5. The predicted octanol–water partition coefficient (Wildman–Crippen LogP) is 4.66. The summed E-state index contributed by atoms with van der Waals surface area (Å²) < 4.78 is 21.5. The number of ether oxygens (including phenoxy) is 4. The Kier molecular flexibility index (Phi) is 9.01. The van der Waals surface area contributed by atoms with Crippen molar-refractivity contribution >= 4 is 24.1 Å². The van der Waals surface area contributed by atoms with Gasteiger partial charge in [-0.15, -0.1) is 0 Å². The molecule has 39 heavy (non-hydrogen) atoms. The van der Waals surface area contributed by atoms with Crippen molar-refractivity contribution in [2.45, 2.75) is 0 Å². The first-order chi connectivity index (χ1) is 19.0. The second-order valence-electron chi connectivity index (χ2n) is 7.97. The highest BCUT2D eigenvalue weighted by Crippen LogP contribution is 2.26. The topological polar surface area (TPSA) is 113 Å². The molecule has 0 aliphatic carbocycles. The van der Waals surface area contributed by atoms with Crippen LogP contribution in [-0.2, 0) is 4.79 Å². The first kappa shape index (κ1) is 26.6. The van der Waals surface area contributed by atoms with E-state index < -0.39 is 17.8 Å². The van der Waals surface area contributed by atoms with E-state index in [4.69, 9.17) is 18.9 Å². The molecule has 0 fully saturated rings. The number of nitrogens with one attached hydrogen (secondary N) is 1. The van der Waals surface area contributed by atoms with E-state index in [9.17, 15) is 14.4 Å². The summed E-state index contributed by atoms with van der Waals surface area (Å²) >= 11 is 0. The summed E-state index contributed by atoms with van der Waals surface area (Å²) in [5, 5.41) is 3.94. The maximum Gasteiger partial charge on any atom is 0.343 e. The van der Waals surface area contributed by atoms with Crippen LogP contribution in [0.2, 0.25) is 0 Å². The SMILES string of the molecule is COc1ccc(OCC(=O)NN=Cc2ccc(OC(=O)c3ccccc3)cc2OC(=O)c2ccccc2)cc1. The van der Waals surface area contributed by atoms with Crippen molar-refractivity contribution in [1.29, 1.82) is 0 Å². The van der Waals surface area contributed by atoms with Gasteiger partial charge in [0.2, 0.25) is 0 Å². The molecule has 9 nitrogen and oxygen atoms in total. The van der Waals surface area contributed by atoms with E-state index in [1.807, 2.05) is 0 Å². The van der Waals surface area contributed by atoms with Crippen molar-refractivity contribution in [2.75, 3.05) is 13.7 Å². The molecule has 4 aromatic carbocycles. The summed E-state index contributed by atoms with van der Waals surface area (Å²) in [6, 6.07) is 28.1. The number of rotatable bonds is 10. The molecule has 9 heteroatoms. The summed E-state index contributed by atoms with van der Waals surface area (Å²) in [5.74, 6) is -0.288. The summed E-state index contributed by atoms with van der Waals surface area (Å²) in [6.45, 7) is -0.270. The van der Waals surface area contributed by atoms with Crippen LogP contribution in [0.15, 0.2) is 108 Å². The van der Waals surface area contributed by atoms with Crippen LogP contribution < -0.4 is 24.4 Å². The van der Waals surface area contributed by atoms with Crippen molar-refractivity contribution in [3.8, 4) is 23.0 Å². The normalized spacial score (nSPS) is 10.5. The van der Waals surface area contributed by atoms with Crippen molar-refractivity contribution in [2.24, 2.45) is 5.10 Å². The van der Waals surface area contributed by atoms with Crippen LogP contribution in [0.3, 0.4) is 0 Å². The van der Waals surface area contributed by atoms with Crippen LogP contribution in [-0.4, -0.2) is 37.8 Å². The molecule has 196 valence electrons. The maximum absolute atomic E-state index is 12.7. The number of amides is 1. The molecule has 0 saturated heterocycles. The Balaban J connectivity index is 1.45. The third kappa shape index (κ3) is 7.77. The van der Waals surface area contributed by atoms with Gasteiger partial charge in [-0.2, -0.15) is 5.10 Å². The highest BCUT2D eigenvalue weighted by atomic mass is 16.5. The molecule has 0 spiro atoms. The van der Waals surface area contributed by atoms with Crippen molar-refractivity contribution in [3.05, 3.63) is 120 Å². The molecule has 0 aliphatic heterocycles. The molecule has 4 aromatic rings. The van der Waals surface area contributed by atoms with E-state index in [0.717, 1.165) is 0 Å². The smallest absolute Gasteiger partial charge is 0.343 e. The van der Waals surface area contributed by atoms with Gasteiger partial charge in [-0.3, -0.25) is 4.79 Å². The Bertz CT molecular complexity index is 1450. The Morgan fingerprint density at radius 2 is 1.28 bits per heavy atom. The van der Waals surface area contributed by atoms with Crippen LogP contribution in [0.4, 0.5) is 0 Å². The average Bonchev–Trinajstić information content (AvgIpc) is 2.98. The number of nitrogens with zero attached hydrogens (tertiary/aromatic N) is 1. The third-order valence-electron chi connectivity index (χ3n) is 5.24. The molecule has 0 heterocycles. The molecule has 0 aliphatic rings. The van der Waals surface area contributed by atoms with Gasteiger partial charge in [0.05, 0.1) is 24.5 Å². The number of hydrogen-bond acceptors (Lipinski definition) is 8. The second kappa shape index (κ2) is 13.2. The van der Waals surface area contributed by atoms with Crippen LogP contribution >= 0.6 is 0 Å². The molecule has 0 aromatic heterocycles. The van der Waals surface area contributed by atoms with E-state index >= 15 is 0 Å². The molecule has 0 unspecified atom stereocenters. The van der Waals surface area contributed by atoms with Gasteiger partial charge < -0.3 is 18.9 Å². The van der Waals surface area contributed by atoms with E-state index in [-0.39, 0.29) is 18.1 Å². The Labute approximate surface area is 224 Å². The number of carbonyl (C=O) groups excluding carboxylic acids is 3. The van der Waals surface area contributed by atoms with Crippen molar-refractivity contribution < 1.29 is 33.3 Å². The quantitative estimate of drug-likeness (QED) is 0.139. The number of esters is 2. The van der Waals surface area contributed by atoms with Crippen LogP contribution in [0.25, 0.3) is 0 Å². The lowest BCUT2D eigenvalue weighted by molar-refractivity contribution is -0.123. The standard InChI is InChI=1S/C30H24N2O7/c1-36-24-14-16-25(17-15-24)37-20-28(33)32-31-19-23-12-13-26(38-29(34)21-8-4-2-5-9-21)18-27(23)39-30(35)22-10-6-3-7-11-22/h2-19H,20H2,1H3,(H,32,33). The summed E-state index contributed by atoms with van der Waals surface area (Å²) in [4.78, 5) is 37.3. The summed E-state index contributed by atoms with van der Waals surface area (Å²) in [5.41, 5.74) is 3.41. The maximum atomic E-state index is 12.7. The Morgan fingerprint density at radius 1 is 0.718 bits per heavy atom. The van der Waals surface area contributed by atoms with Gasteiger partial charge in [0, 0.05) is 11.6 Å². The fourth-order valence-corrected chi connectivity index (χ4v) is 3.27. The van der Waals surface area contributed by atoms with Gasteiger partial charge in [0.1, 0.15) is 23.0 Å². The molecule has 0 radical (unpaired) electrons. The lowest BCUT2D eigenvalue weighted by Crippen LogP contribution is -2.24. The molecule has 1 N–H and O–H groups in total. The first-order valence-corrected chi connectivity index (χ1v) is 11.8. The van der Waals surface area contributed by atoms with Crippen LogP contribution in [0, 0.1) is 0 Å². The highest BCUT2D eigenvalue weighted by molar-refractivity contribution is 5.94. The van der Waals surface area contributed by atoms with Gasteiger partial charge in [-0.1, -0.05) is 36.4 Å². The zero-order valence-electron chi connectivity index (χ0n) is 20.9. The molecule has 0 saturated carbocycles. The summed E-state index contributed by atoms with van der Waals surface area (Å²) in [7, 11) is 1.56. The largest absolute Gasteiger partial charge is 0.497 e. The molecule has 4 rings (SSSR count). The van der Waals surface area contributed by atoms with Crippen molar-refractivity contribution in [3.63, 3.8) is 0 Å². The Hall–Kier alpha value is -5.44. The van der Waals surface area contributed by atoms with E-state index in [0.29, 0.717) is 28.2 Å². The van der Waals surface area contributed by atoms with Gasteiger partial charge in [0.15, 0.2) is 6.61 Å². The molecule has 1 amide bonds. The van der Waals surface area contributed by atoms with E-state index in [2.05, 4.69) is 10.5 Å². The average molecular weight is 525 g/mol. The highest BCUT2D eigenvalue weighted by Gasteiger charge is 2.15. The van der Waals surface area contributed by atoms with Gasteiger partial charge >= 0.3 is 11.9 Å². The van der Waals surface area contributed by atoms with E-state index in [1.165, 1.54) is 18.3 Å². The van der Waals surface area contributed by atoms with E-state index in [1.54, 1.807) is 98.1 Å². The van der Waals surface area contributed by atoms with Crippen molar-refractivity contribution in [1.82, 2.24) is 5.43 Å². The lowest BCUT2D eigenvalue weighted by Gasteiger charge is -2.11. The molecule has 0 bridgehead atoms. The van der Waals surface area contributed by atoms with Gasteiger partial charge in [0.25, 0.3) is 5.91 Å². The number of benzene rings is 4. The predicted molar refractivity (Wildman–Crippen MR) is 143 cm³/mol. The minimum absolute atomic E-state index is 0.0784. The number of methoxy groups -OCH3 is 1. The monoisotopic (exact) mass is 524 g/mol. The Morgan fingerprint density at radius 3 is 1.90 bits per heavy atom. The molecular formula is C30H24N2O7. The van der Waals surface area contributed by atoms with Gasteiger partial charge in [-0.25, -0.2) is 15.0 Å². The van der Waals surface area contributed by atoms with Crippen LogP contribution in [0.1, 0.15) is 26.3 Å². The lowest BCUT2D eigenvalue weighted by atomic mass is 10.2. The third-order valence-corrected chi connectivity index (χ3v) is 5.24. The molecule has 0 atom stereocenters. The van der Waals surface area contributed by atoms with Crippen LogP contribution in [0.5, 0.6) is 23.0 Å². The van der Waals surface area contributed by atoms with Gasteiger partial charge in [-0.05, 0) is 60.7 Å². The fourth-order valence-electron chi connectivity index (χ4n) is 3.27. The number of hydrazone groups is 1. The number of carbonyl (C=O) groups is 3. The first-order valence-electron chi connectivity index (χ1n) is 11.8. The number of hydrogen-bond donors (Lipinski definition) is 1. The molecular weight excluding hydrogens is 500 g/mol.